The van der Waals surface area contributed by atoms with Gasteiger partial charge in [0, 0.05) is 6.42 Å². The largest absolute Gasteiger partial charge is 0.496 e. The lowest BCUT2D eigenvalue weighted by Crippen LogP contribution is -2.45. The smallest absolute Gasteiger partial charge is 0.408 e. The Bertz CT molecular complexity index is 764. The van der Waals surface area contributed by atoms with Gasteiger partial charge in [-0.05, 0) is 62.2 Å². The number of rotatable bonds is 8. The zero-order chi connectivity index (χ0) is 24.0. The number of alkyl carbamates (subject to hydrolysis) is 1. The lowest BCUT2D eigenvalue weighted by molar-refractivity contribution is -0.143. The van der Waals surface area contributed by atoms with Crippen molar-refractivity contribution >= 4 is 20.4 Å². The van der Waals surface area contributed by atoms with Crippen molar-refractivity contribution < 1.29 is 28.2 Å². The van der Waals surface area contributed by atoms with Crippen LogP contribution in [-0.2, 0) is 31.7 Å². The monoisotopic (exact) mass is 453 g/mol. The third kappa shape index (κ3) is 8.53. The Hall–Kier alpha value is -2.06. The van der Waals surface area contributed by atoms with Crippen LogP contribution in [0.15, 0.2) is 18.2 Å². The highest BCUT2D eigenvalue weighted by atomic mass is 28.4. The first kappa shape index (κ1) is 27.0. The Morgan fingerprint density at radius 2 is 1.68 bits per heavy atom. The highest BCUT2D eigenvalue weighted by Gasteiger charge is 2.37. The maximum atomic E-state index is 12.3. The molecule has 31 heavy (non-hydrogen) atoms. The molecule has 1 atom stereocenters. The highest BCUT2D eigenvalue weighted by molar-refractivity contribution is 6.74. The molecule has 0 saturated carbocycles. The Balaban J connectivity index is 3.07. The summed E-state index contributed by atoms with van der Waals surface area (Å²) in [4.78, 5) is 24.5. The molecule has 0 radical (unpaired) electrons. The number of methoxy groups -OCH3 is 2. The third-order valence-electron chi connectivity index (χ3n) is 5.35. The first-order valence-corrected chi connectivity index (χ1v) is 13.4. The predicted octanol–water partition coefficient (Wildman–Crippen LogP) is 4.83. The van der Waals surface area contributed by atoms with Gasteiger partial charge in [0.15, 0.2) is 8.32 Å². The summed E-state index contributed by atoms with van der Waals surface area (Å²) in [6.45, 7) is 16.7. The van der Waals surface area contributed by atoms with Crippen molar-refractivity contribution in [1.82, 2.24) is 5.32 Å². The van der Waals surface area contributed by atoms with Crippen molar-refractivity contribution in [2.45, 2.75) is 84.3 Å². The topological polar surface area (TPSA) is 83.1 Å². The molecule has 0 fully saturated rings. The van der Waals surface area contributed by atoms with Crippen LogP contribution in [0.25, 0.3) is 0 Å². The van der Waals surface area contributed by atoms with E-state index >= 15 is 0 Å². The molecule has 1 N–H and O–H groups in total. The molecule has 0 aliphatic carbocycles. The van der Waals surface area contributed by atoms with E-state index in [1.165, 1.54) is 7.11 Å². The Morgan fingerprint density at radius 1 is 1.06 bits per heavy atom. The summed E-state index contributed by atoms with van der Waals surface area (Å²) in [6.07, 6.45) is -0.484. The van der Waals surface area contributed by atoms with E-state index in [-0.39, 0.29) is 11.5 Å². The molecule has 7 nitrogen and oxygen atoms in total. The van der Waals surface area contributed by atoms with Gasteiger partial charge in [-0.1, -0.05) is 26.8 Å². The second-order valence-electron chi connectivity index (χ2n) is 10.1. The lowest BCUT2D eigenvalue weighted by atomic mass is 10.0. The zero-order valence-corrected chi connectivity index (χ0v) is 21.7. The van der Waals surface area contributed by atoms with E-state index in [0.29, 0.717) is 12.4 Å². The second-order valence-corrected chi connectivity index (χ2v) is 14.9. The summed E-state index contributed by atoms with van der Waals surface area (Å²) >= 11 is 0. The second kappa shape index (κ2) is 10.5. The molecule has 1 aromatic carbocycles. The molecule has 0 heterocycles. The SMILES string of the molecule is COC(=O)[C@H](Cc1cc(CO[Si](C)(C)C(C)(C)C)ccc1OC)NC(=O)OC(C)(C)C. The van der Waals surface area contributed by atoms with Gasteiger partial charge in [-0.3, -0.25) is 0 Å². The lowest BCUT2D eigenvalue weighted by Gasteiger charge is -2.36. The quantitative estimate of drug-likeness (QED) is 0.449. The molecule has 0 unspecified atom stereocenters. The summed E-state index contributed by atoms with van der Waals surface area (Å²) < 4.78 is 22.0. The van der Waals surface area contributed by atoms with Gasteiger partial charge >= 0.3 is 12.1 Å². The van der Waals surface area contributed by atoms with Gasteiger partial charge < -0.3 is 24.0 Å². The van der Waals surface area contributed by atoms with Gasteiger partial charge in [0.2, 0.25) is 0 Å². The van der Waals surface area contributed by atoms with Gasteiger partial charge in [0.1, 0.15) is 17.4 Å². The van der Waals surface area contributed by atoms with Crippen LogP contribution >= 0.6 is 0 Å². The van der Waals surface area contributed by atoms with Gasteiger partial charge in [-0.25, -0.2) is 9.59 Å². The first-order chi connectivity index (χ1) is 14.1. The summed E-state index contributed by atoms with van der Waals surface area (Å²) in [5.41, 5.74) is 1.07. The Labute approximate surface area is 187 Å². The van der Waals surface area contributed by atoms with Crippen LogP contribution in [-0.4, -0.2) is 46.2 Å². The number of ether oxygens (including phenoxy) is 3. The minimum Gasteiger partial charge on any atom is -0.496 e. The highest BCUT2D eigenvalue weighted by Crippen LogP contribution is 2.37. The summed E-state index contributed by atoms with van der Waals surface area (Å²) in [5.74, 6) is 0.0619. The van der Waals surface area contributed by atoms with Crippen molar-refractivity contribution in [2.24, 2.45) is 0 Å². The number of hydrogen-bond donors (Lipinski definition) is 1. The Morgan fingerprint density at radius 3 is 2.16 bits per heavy atom. The fraction of sp³-hybridized carbons (Fsp3) is 0.652. The number of nitrogens with one attached hydrogen (secondary N) is 1. The molecule has 1 rings (SSSR count). The van der Waals surface area contributed by atoms with Gasteiger partial charge in [-0.2, -0.15) is 0 Å². The van der Waals surface area contributed by atoms with Crippen LogP contribution in [0.2, 0.25) is 18.1 Å². The number of benzene rings is 1. The molecular weight excluding hydrogens is 414 g/mol. The number of carbonyl (C=O) groups is 2. The number of hydrogen-bond acceptors (Lipinski definition) is 6. The average molecular weight is 454 g/mol. The maximum absolute atomic E-state index is 12.3. The number of carbonyl (C=O) groups excluding carboxylic acids is 2. The van der Waals surface area contributed by atoms with Crippen LogP contribution < -0.4 is 10.1 Å². The van der Waals surface area contributed by atoms with Gasteiger partial charge in [-0.15, -0.1) is 0 Å². The Kier molecular flexibility index (Phi) is 9.14. The summed E-state index contributed by atoms with van der Waals surface area (Å²) in [5, 5.41) is 2.71. The van der Waals surface area contributed by atoms with Crippen molar-refractivity contribution in [3.8, 4) is 5.75 Å². The van der Waals surface area contributed by atoms with Crippen molar-refractivity contribution in [2.75, 3.05) is 14.2 Å². The standard InChI is InChI=1S/C23H39NO6Si/c1-22(2,3)30-21(26)24-18(20(25)28-8)14-17-13-16(11-12-19(17)27-7)15-29-31(9,10)23(4,5)6/h11-13,18H,14-15H2,1-10H3,(H,24,26)/t18-/m0/s1. The fourth-order valence-electron chi connectivity index (χ4n) is 2.57. The molecule has 0 bridgehead atoms. The van der Waals surface area contributed by atoms with Crippen LogP contribution in [0.1, 0.15) is 52.7 Å². The molecule has 1 amide bonds. The molecule has 176 valence electrons. The van der Waals surface area contributed by atoms with Crippen LogP contribution in [0, 0.1) is 0 Å². The molecule has 1 aromatic rings. The zero-order valence-electron chi connectivity index (χ0n) is 20.7. The molecule has 0 aliphatic heterocycles. The van der Waals surface area contributed by atoms with E-state index in [0.717, 1.165) is 11.1 Å². The minimum absolute atomic E-state index is 0.107. The van der Waals surface area contributed by atoms with E-state index in [1.807, 2.05) is 18.2 Å². The van der Waals surface area contributed by atoms with Crippen LogP contribution in [0.5, 0.6) is 5.75 Å². The van der Waals surface area contributed by atoms with E-state index < -0.39 is 32.0 Å². The predicted molar refractivity (Wildman–Crippen MR) is 124 cm³/mol. The molecule has 0 saturated heterocycles. The van der Waals surface area contributed by atoms with E-state index in [1.54, 1.807) is 27.9 Å². The molecule has 0 aromatic heterocycles. The normalized spacial score (nSPS) is 13.4. The van der Waals surface area contributed by atoms with Crippen molar-refractivity contribution in [1.29, 1.82) is 0 Å². The van der Waals surface area contributed by atoms with Crippen LogP contribution in [0.4, 0.5) is 4.79 Å². The molecule has 0 spiro atoms. The minimum atomic E-state index is -1.91. The fourth-order valence-corrected chi connectivity index (χ4v) is 3.53. The summed E-state index contributed by atoms with van der Waals surface area (Å²) in [6, 6.07) is 4.83. The maximum Gasteiger partial charge on any atom is 0.408 e. The van der Waals surface area contributed by atoms with Crippen molar-refractivity contribution in [3.63, 3.8) is 0 Å². The number of esters is 1. The number of amides is 1. The van der Waals surface area contributed by atoms with E-state index in [9.17, 15) is 9.59 Å². The van der Waals surface area contributed by atoms with Crippen molar-refractivity contribution in [3.05, 3.63) is 29.3 Å². The molecular formula is C23H39NO6Si. The first-order valence-electron chi connectivity index (χ1n) is 10.5. The average Bonchev–Trinajstić information content (AvgIpc) is 2.63. The van der Waals surface area contributed by atoms with Crippen LogP contribution in [0.3, 0.4) is 0 Å². The van der Waals surface area contributed by atoms with Gasteiger partial charge in [0.25, 0.3) is 0 Å². The van der Waals surface area contributed by atoms with Gasteiger partial charge in [0.05, 0.1) is 20.8 Å². The molecule has 8 heteroatoms. The summed E-state index contributed by atoms with van der Waals surface area (Å²) in [7, 11) is 0.947. The molecule has 0 aliphatic rings. The third-order valence-corrected chi connectivity index (χ3v) is 9.83. The van der Waals surface area contributed by atoms with E-state index in [4.69, 9.17) is 18.6 Å². The van der Waals surface area contributed by atoms with E-state index in [2.05, 4.69) is 39.2 Å².